The van der Waals surface area contributed by atoms with Crippen molar-refractivity contribution in [2.75, 3.05) is 16.8 Å². The van der Waals surface area contributed by atoms with E-state index in [1.807, 2.05) is 6.08 Å². The predicted molar refractivity (Wildman–Crippen MR) is 138 cm³/mol. The zero-order chi connectivity index (χ0) is 25.6. The fourth-order valence-corrected chi connectivity index (χ4v) is 5.87. The summed E-state index contributed by atoms with van der Waals surface area (Å²) in [6.45, 7) is 15.2. The molecule has 0 spiro atoms. The highest BCUT2D eigenvalue weighted by molar-refractivity contribution is 7.90. The number of anilines is 2. The molecule has 4 heterocycles. The summed E-state index contributed by atoms with van der Waals surface area (Å²) in [6.07, 6.45) is 4.54. The molecule has 0 aliphatic carbocycles. The number of fused-ring (bicyclic) bond motifs is 6. The zero-order valence-corrected chi connectivity index (χ0v) is 21.9. The maximum atomic E-state index is 13.4. The van der Waals surface area contributed by atoms with Crippen molar-refractivity contribution in [3.8, 4) is 0 Å². The average Bonchev–Trinajstić information content (AvgIpc) is 3.08. The average molecular weight is 498 g/mol. The number of nitrogens with zero attached hydrogens (tertiary/aromatic N) is 3. The van der Waals surface area contributed by atoms with Crippen LogP contribution in [0.4, 0.5) is 11.6 Å². The van der Waals surface area contributed by atoms with Gasteiger partial charge in [0.05, 0.1) is 5.56 Å². The number of amides is 1. The van der Waals surface area contributed by atoms with Crippen molar-refractivity contribution in [3.05, 3.63) is 54.2 Å². The largest absolute Gasteiger partial charge is 0.364 e. The van der Waals surface area contributed by atoms with Crippen LogP contribution in [-0.4, -0.2) is 42.4 Å². The quantitative estimate of drug-likeness (QED) is 0.567. The van der Waals surface area contributed by atoms with Crippen LogP contribution < -0.4 is 14.9 Å². The van der Waals surface area contributed by atoms with Crippen molar-refractivity contribution in [2.45, 2.75) is 75.9 Å². The minimum atomic E-state index is -4.20. The summed E-state index contributed by atoms with van der Waals surface area (Å²) in [5.41, 5.74) is 0.602. The Balaban J connectivity index is 1.86. The van der Waals surface area contributed by atoms with Gasteiger partial charge in [-0.25, -0.2) is 14.7 Å². The first-order valence-corrected chi connectivity index (χ1v) is 13.5. The first-order valence-electron chi connectivity index (χ1n) is 12.0. The second kappa shape index (κ2) is 8.93. The van der Waals surface area contributed by atoms with Crippen molar-refractivity contribution >= 4 is 27.6 Å². The van der Waals surface area contributed by atoms with E-state index in [9.17, 15) is 13.2 Å². The van der Waals surface area contributed by atoms with Gasteiger partial charge in [0.2, 0.25) is 0 Å². The number of hydrogen-bond acceptors (Lipinski definition) is 7. The predicted octanol–water partition coefficient (Wildman–Crippen LogP) is 4.26. The summed E-state index contributed by atoms with van der Waals surface area (Å²) in [4.78, 5) is 24.7. The van der Waals surface area contributed by atoms with E-state index >= 15 is 0 Å². The van der Waals surface area contributed by atoms with Gasteiger partial charge in [-0.3, -0.25) is 4.79 Å². The first-order chi connectivity index (χ1) is 16.3. The van der Waals surface area contributed by atoms with E-state index in [-0.39, 0.29) is 27.6 Å². The van der Waals surface area contributed by atoms with Crippen molar-refractivity contribution in [1.82, 2.24) is 14.7 Å². The number of rotatable bonds is 1. The summed E-state index contributed by atoms with van der Waals surface area (Å²) in [5, 5.41) is 3.05. The minimum absolute atomic E-state index is 0.0600. The fraction of sp³-hybridized carbons (Fsp3) is 0.500. The fourth-order valence-electron chi connectivity index (χ4n) is 4.93. The second-order valence-electron chi connectivity index (χ2n) is 11.2. The lowest BCUT2D eigenvalue weighted by atomic mass is 9.91. The molecule has 4 rings (SSSR count). The summed E-state index contributed by atoms with van der Waals surface area (Å²) >= 11 is 0. The molecule has 2 aliphatic heterocycles. The monoisotopic (exact) mass is 497 g/mol. The number of carbonyl (C=O) groups excluding carboxylic acids is 1. The van der Waals surface area contributed by atoms with E-state index in [0.717, 1.165) is 31.5 Å². The Morgan fingerprint density at radius 2 is 1.89 bits per heavy atom. The number of sulfonamides is 1. The van der Waals surface area contributed by atoms with Gasteiger partial charge < -0.3 is 10.2 Å². The third-order valence-corrected chi connectivity index (χ3v) is 8.07. The minimum Gasteiger partial charge on any atom is -0.364 e. The van der Waals surface area contributed by atoms with Gasteiger partial charge in [0.1, 0.15) is 11.6 Å². The molecule has 1 saturated heterocycles. The Morgan fingerprint density at radius 1 is 1.14 bits per heavy atom. The number of hydrogen-bond donors (Lipinski definition) is 2. The SMILES string of the molecule is C=CC1CC[C@@H]2CN(c3nc(C(C)(C)C)ccc3C(=O)NS(=O)(=O)c3cccc(n3)N1)C(C)(C)C2. The maximum Gasteiger partial charge on any atom is 0.281 e. The molecular weight excluding hydrogens is 462 g/mol. The Hall–Kier alpha value is -2.94. The summed E-state index contributed by atoms with van der Waals surface area (Å²) in [6, 6.07) is 8.12. The van der Waals surface area contributed by atoms with Crippen molar-refractivity contribution in [1.29, 1.82) is 0 Å². The molecule has 2 atom stereocenters. The summed E-state index contributed by atoms with van der Waals surface area (Å²) in [5.74, 6) is 0.614. The van der Waals surface area contributed by atoms with Gasteiger partial charge in [-0.15, -0.1) is 6.58 Å². The van der Waals surface area contributed by atoms with Gasteiger partial charge in [-0.1, -0.05) is 32.9 Å². The highest BCUT2D eigenvalue weighted by Gasteiger charge is 2.41. The molecule has 2 N–H and O–H groups in total. The molecule has 0 radical (unpaired) electrons. The molecule has 2 aliphatic rings. The maximum absolute atomic E-state index is 13.4. The van der Waals surface area contributed by atoms with Crippen LogP contribution in [0.5, 0.6) is 0 Å². The number of carbonyl (C=O) groups is 1. The molecule has 8 nitrogen and oxygen atoms in total. The topological polar surface area (TPSA) is 104 Å². The van der Waals surface area contributed by atoms with E-state index in [1.165, 1.54) is 6.07 Å². The van der Waals surface area contributed by atoms with E-state index in [0.29, 0.717) is 17.6 Å². The third-order valence-electron chi connectivity index (χ3n) is 6.83. The molecule has 0 aromatic carbocycles. The molecule has 4 bridgehead atoms. The molecule has 1 amide bonds. The molecule has 1 fully saturated rings. The van der Waals surface area contributed by atoms with Gasteiger partial charge in [0, 0.05) is 29.2 Å². The Bertz CT molecular complexity index is 1250. The van der Waals surface area contributed by atoms with Crippen LogP contribution in [0.3, 0.4) is 0 Å². The van der Waals surface area contributed by atoms with E-state index < -0.39 is 15.9 Å². The normalized spacial score (nSPS) is 23.8. The Kier molecular flexibility index (Phi) is 6.42. The standard InChI is InChI=1S/C26H35N5O3S/c1-7-18-12-11-17-15-26(5,6)31(16-17)23-19(13-14-20(28-23)25(2,3)4)24(32)30-35(33,34)22-10-8-9-21(27-18)29-22/h7-10,13-14,17-18H,1,11-12,15-16H2,2-6H3,(H,27,29)(H,30,32)/t17-,18?/m0/s1. The van der Waals surface area contributed by atoms with Crippen LogP contribution >= 0.6 is 0 Å². The molecule has 9 heteroatoms. The van der Waals surface area contributed by atoms with Gasteiger partial charge in [-0.2, -0.15) is 8.42 Å². The van der Waals surface area contributed by atoms with Crippen molar-refractivity contribution in [3.63, 3.8) is 0 Å². The van der Waals surface area contributed by atoms with Crippen LogP contribution in [0.25, 0.3) is 0 Å². The first kappa shape index (κ1) is 25.2. The Morgan fingerprint density at radius 3 is 2.57 bits per heavy atom. The smallest absolute Gasteiger partial charge is 0.281 e. The van der Waals surface area contributed by atoms with Gasteiger partial charge in [-0.05, 0) is 63.3 Å². The lowest BCUT2D eigenvalue weighted by Crippen LogP contribution is -2.41. The molecule has 1 unspecified atom stereocenters. The highest BCUT2D eigenvalue weighted by atomic mass is 32.2. The second-order valence-corrected chi connectivity index (χ2v) is 12.8. The van der Waals surface area contributed by atoms with Crippen LogP contribution in [0.15, 0.2) is 48.0 Å². The third kappa shape index (κ3) is 5.19. The molecule has 2 aromatic heterocycles. The lowest BCUT2D eigenvalue weighted by molar-refractivity contribution is 0.0981. The van der Waals surface area contributed by atoms with Gasteiger partial charge in [0.15, 0.2) is 5.03 Å². The zero-order valence-electron chi connectivity index (χ0n) is 21.1. The molecule has 0 saturated carbocycles. The van der Waals surface area contributed by atoms with Crippen LogP contribution in [0.1, 0.15) is 69.9 Å². The van der Waals surface area contributed by atoms with Gasteiger partial charge >= 0.3 is 0 Å². The highest BCUT2D eigenvalue weighted by Crippen LogP contribution is 2.40. The molecule has 35 heavy (non-hydrogen) atoms. The van der Waals surface area contributed by atoms with Crippen molar-refractivity contribution < 1.29 is 13.2 Å². The number of nitrogens with one attached hydrogen (secondary N) is 2. The van der Waals surface area contributed by atoms with Crippen LogP contribution in [-0.2, 0) is 15.4 Å². The molecule has 188 valence electrons. The lowest BCUT2D eigenvalue weighted by Gasteiger charge is -2.34. The number of pyridine rings is 2. The summed E-state index contributed by atoms with van der Waals surface area (Å²) < 4.78 is 28.4. The van der Waals surface area contributed by atoms with E-state index in [1.54, 1.807) is 24.3 Å². The van der Waals surface area contributed by atoms with E-state index in [2.05, 4.69) is 61.1 Å². The molecule has 2 aromatic rings. The Labute approximate surface area is 208 Å². The molecular formula is C26H35N5O3S. The van der Waals surface area contributed by atoms with Gasteiger partial charge in [0.25, 0.3) is 15.9 Å². The van der Waals surface area contributed by atoms with Crippen LogP contribution in [0, 0.1) is 5.92 Å². The summed E-state index contributed by atoms with van der Waals surface area (Å²) in [7, 11) is -4.20. The van der Waals surface area contributed by atoms with Crippen molar-refractivity contribution in [2.24, 2.45) is 5.92 Å². The van der Waals surface area contributed by atoms with E-state index in [4.69, 9.17) is 4.98 Å². The van der Waals surface area contributed by atoms with Crippen LogP contribution in [0.2, 0.25) is 0 Å². The number of aromatic nitrogens is 2.